The second-order valence-corrected chi connectivity index (χ2v) is 5.16. The largest absolute Gasteiger partial charge is 0.481 e. The molecule has 0 aromatic carbocycles. The molecular formula is C11H23NO2. The summed E-state index contributed by atoms with van der Waals surface area (Å²) in [6.07, 6.45) is 0. The van der Waals surface area contributed by atoms with Crippen LogP contribution in [0.4, 0.5) is 0 Å². The SMILES string of the molecule is CC(CN(C(C)C)C(C)(C)C)C(=O)O. The van der Waals surface area contributed by atoms with Crippen molar-refractivity contribution in [2.45, 2.75) is 53.1 Å². The minimum Gasteiger partial charge on any atom is -0.481 e. The third-order valence-electron chi connectivity index (χ3n) is 2.38. The second kappa shape index (κ2) is 4.78. The third-order valence-corrected chi connectivity index (χ3v) is 2.38. The monoisotopic (exact) mass is 201 g/mol. The van der Waals surface area contributed by atoms with Gasteiger partial charge in [-0.2, -0.15) is 0 Å². The Morgan fingerprint density at radius 1 is 1.29 bits per heavy atom. The van der Waals surface area contributed by atoms with Crippen LogP contribution in [0.15, 0.2) is 0 Å². The Hall–Kier alpha value is -0.570. The first-order chi connectivity index (χ1) is 6.16. The highest BCUT2D eigenvalue weighted by Gasteiger charge is 2.27. The molecule has 0 aromatic rings. The van der Waals surface area contributed by atoms with Crippen molar-refractivity contribution in [3.8, 4) is 0 Å². The van der Waals surface area contributed by atoms with Gasteiger partial charge in [0.15, 0.2) is 0 Å². The molecule has 1 unspecified atom stereocenters. The van der Waals surface area contributed by atoms with E-state index in [9.17, 15) is 4.79 Å². The zero-order valence-electron chi connectivity index (χ0n) is 10.2. The molecule has 0 bridgehead atoms. The predicted octanol–water partition coefficient (Wildman–Crippen LogP) is 2.22. The summed E-state index contributed by atoms with van der Waals surface area (Å²) in [6, 6.07) is 0.372. The fourth-order valence-electron chi connectivity index (χ4n) is 1.63. The maximum absolute atomic E-state index is 10.8. The van der Waals surface area contributed by atoms with Crippen LogP contribution in [0.3, 0.4) is 0 Å². The van der Waals surface area contributed by atoms with Crippen molar-refractivity contribution in [1.29, 1.82) is 0 Å². The molecule has 0 aliphatic rings. The van der Waals surface area contributed by atoms with Crippen LogP contribution >= 0.6 is 0 Å². The lowest BCUT2D eigenvalue weighted by Gasteiger charge is -2.39. The van der Waals surface area contributed by atoms with Crippen LogP contribution in [0.1, 0.15) is 41.5 Å². The molecule has 3 heteroatoms. The lowest BCUT2D eigenvalue weighted by molar-refractivity contribution is -0.142. The van der Waals surface area contributed by atoms with Gasteiger partial charge in [-0.15, -0.1) is 0 Å². The summed E-state index contributed by atoms with van der Waals surface area (Å²) >= 11 is 0. The molecule has 0 radical (unpaired) electrons. The number of carbonyl (C=O) groups is 1. The first-order valence-electron chi connectivity index (χ1n) is 5.15. The number of carboxylic acids is 1. The van der Waals surface area contributed by atoms with Crippen molar-refractivity contribution < 1.29 is 9.90 Å². The molecule has 14 heavy (non-hydrogen) atoms. The van der Waals surface area contributed by atoms with Gasteiger partial charge in [0.2, 0.25) is 0 Å². The Morgan fingerprint density at radius 3 is 1.93 bits per heavy atom. The van der Waals surface area contributed by atoms with E-state index in [4.69, 9.17) is 5.11 Å². The minimum absolute atomic E-state index is 0.0257. The Labute approximate surface area is 87.1 Å². The van der Waals surface area contributed by atoms with E-state index >= 15 is 0 Å². The maximum atomic E-state index is 10.8. The number of hydrogen-bond donors (Lipinski definition) is 1. The van der Waals surface area contributed by atoms with E-state index < -0.39 is 5.97 Å². The van der Waals surface area contributed by atoms with Crippen molar-refractivity contribution in [3.05, 3.63) is 0 Å². The number of aliphatic carboxylic acids is 1. The van der Waals surface area contributed by atoms with Crippen LogP contribution in [-0.2, 0) is 4.79 Å². The van der Waals surface area contributed by atoms with Gasteiger partial charge < -0.3 is 5.11 Å². The van der Waals surface area contributed by atoms with Gasteiger partial charge in [0, 0.05) is 18.1 Å². The molecular weight excluding hydrogens is 178 g/mol. The molecule has 0 aliphatic carbocycles. The summed E-state index contributed by atoms with van der Waals surface area (Å²) < 4.78 is 0. The summed E-state index contributed by atoms with van der Waals surface area (Å²) in [6.45, 7) is 12.9. The van der Waals surface area contributed by atoms with Crippen LogP contribution < -0.4 is 0 Å². The third kappa shape index (κ3) is 4.09. The number of hydrogen-bond acceptors (Lipinski definition) is 2. The fourth-order valence-corrected chi connectivity index (χ4v) is 1.63. The summed E-state index contributed by atoms with van der Waals surface area (Å²) in [5.41, 5.74) is 0.0257. The quantitative estimate of drug-likeness (QED) is 0.758. The van der Waals surface area contributed by atoms with E-state index in [1.807, 2.05) is 0 Å². The molecule has 0 amide bonds. The Kier molecular flexibility index (Phi) is 4.59. The lowest BCUT2D eigenvalue weighted by Crippen LogP contribution is -2.48. The molecule has 0 spiro atoms. The number of rotatable bonds is 4. The van der Waals surface area contributed by atoms with Gasteiger partial charge in [0.1, 0.15) is 0 Å². The average molecular weight is 201 g/mol. The van der Waals surface area contributed by atoms with E-state index in [0.29, 0.717) is 12.6 Å². The number of carboxylic acid groups (broad SMARTS) is 1. The van der Waals surface area contributed by atoms with Crippen LogP contribution in [0.2, 0.25) is 0 Å². The van der Waals surface area contributed by atoms with Gasteiger partial charge in [0.25, 0.3) is 0 Å². The second-order valence-electron chi connectivity index (χ2n) is 5.16. The van der Waals surface area contributed by atoms with Crippen molar-refractivity contribution in [3.63, 3.8) is 0 Å². The van der Waals surface area contributed by atoms with Gasteiger partial charge in [-0.05, 0) is 34.6 Å². The Morgan fingerprint density at radius 2 is 1.71 bits per heavy atom. The van der Waals surface area contributed by atoms with E-state index in [1.54, 1.807) is 6.92 Å². The smallest absolute Gasteiger partial charge is 0.307 e. The first kappa shape index (κ1) is 13.4. The van der Waals surface area contributed by atoms with Crippen molar-refractivity contribution >= 4 is 5.97 Å². The Balaban J connectivity index is 4.47. The van der Waals surface area contributed by atoms with Crippen LogP contribution in [-0.4, -0.2) is 34.1 Å². The summed E-state index contributed by atoms with van der Waals surface area (Å²) in [5.74, 6) is -1.03. The highest BCUT2D eigenvalue weighted by atomic mass is 16.4. The highest BCUT2D eigenvalue weighted by molar-refractivity contribution is 5.69. The molecule has 0 fully saturated rings. The van der Waals surface area contributed by atoms with Gasteiger partial charge in [0.05, 0.1) is 5.92 Å². The lowest BCUT2D eigenvalue weighted by atomic mass is 10.0. The standard InChI is InChI=1S/C11H23NO2/c1-8(2)12(11(4,5)6)7-9(3)10(13)14/h8-9H,7H2,1-6H3,(H,13,14). The van der Waals surface area contributed by atoms with Crippen molar-refractivity contribution in [2.24, 2.45) is 5.92 Å². The minimum atomic E-state index is -0.722. The van der Waals surface area contributed by atoms with Gasteiger partial charge in [-0.1, -0.05) is 6.92 Å². The van der Waals surface area contributed by atoms with E-state index in [1.165, 1.54) is 0 Å². The fraction of sp³-hybridized carbons (Fsp3) is 0.909. The van der Waals surface area contributed by atoms with Gasteiger partial charge >= 0.3 is 5.97 Å². The normalized spacial score (nSPS) is 14.9. The summed E-state index contributed by atoms with van der Waals surface area (Å²) in [7, 11) is 0. The van der Waals surface area contributed by atoms with Crippen molar-refractivity contribution in [2.75, 3.05) is 6.54 Å². The van der Waals surface area contributed by atoms with E-state index in [0.717, 1.165) is 0 Å². The number of nitrogens with zero attached hydrogens (tertiary/aromatic N) is 1. The summed E-state index contributed by atoms with van der Waals surface area (Å²) in [4.78, 5) is 13.0. The van der Waals surface area contributed by atoms with Crippen LogP contribution in [0.25, 0.3) is 0 Å². The van der Waals surface area contributed by atoms with Crippen LogP contribution in [0.5, 0.6) is 0 Å². The molecule has 3 nitrogen and oxygen atoms in total. The Bertz CT molecular complexity index is 194. The molecule has 0 heterocycles. The molecule has 0 saturated heterocycles. The van der Waals surface area contributed by atoms with E-state index in [-0.39, 0.29) is 11.5 Å². The molecule has 0 aliphatic heterocycles. The van der Waals surface area contributed by atoms with Gasteiger partial charge in [-0.25, -0.2) is 0 Å². The van der Waals surface area contributed by atoms with E-state index in [2.05, 4.69) is 39.5 Å². The first-order valence-corrected chi connectivity index (χ1v) is 5.15. The van der Waals surface area contributed by atoms with Crippen molar-refractivity contribution in [1.82, 2.24) is 4.90 Å². The molecule has 1 N–H and O–H groups in total. The molecule has 1 atom stereocenters. The zero-order chi connectivity index (χ0) is 11.5. The maximum Gasteiger partial charge on any atom is 0.307 e. The highest BCUT2D eigenvalue weighted by Crippen LogP contribution is 2.18. The molecule has 0 saturated carbocycles. The topological polar surface area (TPSA) is 40.5 Å². The zero-order valence-corrected chi connectivity index (χ0v) is 10.2. The van der Waals surface area contributed by atoms with Gasteiger partial charge in [-0.3, -0.25) is 9.69 Å². The average Bonchev–Trinajstić information content (AvgIpc) is 1.96. The molecule has 0 rings (SSSR count). The van der Waals surface area contributed by atoms with Crippen LogP contribution in [0, 0.1) is 5.92 Å². The molecule has 84 valence electrons. The predicted molar refractivity (Wildman–Crippen MR) is 58.4 cm³/mol. The molecule has 0 aromatic heterocycles. The summed E-state index contributed by atoms with van der Waals surface area (Å²) in [5, 5.41) is 8.85.